The van der Waals surface area contributed by atoms with Gasteiger partial charge in [0, 0.05) is 4.91 Å². The van der Waals surface area contributed by atoms with Crippen LogP contribution in [0.25, 0.3) is 10.4 Å². The van der Waals surface area contributed by atoms with Gasteiger partial charge in [-0.3, -0.25) is 4.72 Å². The maximum atomic E-state index is 12.3. The highest BCUT2D eigenvalue weighted by atomic mass is 32.2. The van der Waals surface area contributed by atoms with E-state index in [2.05, 4.69) is 14.7 Å². The molecule has 1 N–H and O–H groups in total. The molecule has 7 nitrogen and oxygen atoms in total. The molecule has 0 amide bonds. The summed E-state index contributed by atoms with van der Waals surface area (Å²) in [5, 5.41) is 3.46. The van der Waals surface area contributed by atoms with Gasteiger partial charge >= 0.3 is 0 Å². The predicted molar refractivity (Wildman–Crippen MR) is 79.1 cm³/mol. The van der Waals surface area contributed by atoms with Crippen LogP contribution in [0.5, 0.6) is 5.75 Å². The molecule has 0 atom stereocenters. The summed E-state index contributed by atoms with van der Waals surface area (Å²) in [4.78, 5) is 2.80. The Kier molecular flexibility index (Phi) is 4.32. The van der Waals surface area contributed by atoms with Crippen LogP contribution in [0.1, 0.15) is 0 Å². The van der Waals surface area contributed by atoms with Crippen LogP contribution in [-0.4, -0.2) is 15.5 Å². The molecule has 0 spiro atoms. The maximum Gasteiger partial charge on any atom is 0.262 e. The zero-order valence-corrected chi connectivity index (χ0v) is 11.9. The lowest BCUT2D eigenvalue weighted by atomic mass is 10.2. The van der Waals surface area contributed by atoms with Gasteiger partial charge in [0.1, 0.15) is 0 Å². The number of azide groups is 1. The summed E-state index contributed by atoms with van der Waals surface area (Å²) < 4.78 is 32.1. The molecule has 8 heteroatoms. The smallest absolute Gasteiger partial charge is 0.262 e. The van der Waals surface area contributed by atoms with Crippen molar-refractivity contribution in [1.29, 1.82) is 0 Å². The van der Waals surface area contributed by atoms with Gasteiger partial charge in [-0.15, -0.1) is 0 Å². The van der Waals surface area contributed by atoms with Crippen molar-refractivity contribution in [2.24, 2.45) is 5.11 Å². The van der Waals surface area contributed by atoms with E-state index >= 15 is 0 Å². The first-order valence-electron chi connectivity index (χ1n) is 5.88. The second-order valence-corrected chi connectivity index (χ2v) is 5.65. The third-order valence-corrected chi connectivity index (χ3v) is 4.03. The average Bonchev–Trinajstić information content (AvgIpc) is 2.48. The standard InChI is InChI=1S/C13H12N4O3S/c1-20-13-11(15-17-14)8-5-9-12(13)16-21(18,19)10-6-3-2-4-7-10/h2-9,16H,1H3. The Labute approximate surface area is 121 Å². The highest BCUT2D eigenvalue weighted by Gasteiger charge is 2.17. The Morgan fingerprint density at radius 2 is 1.86 bits per heavy atom. The van der Waals surface area contributed by atoms with Crippen molar-refractivity contribution in [2.45, 2.75) is 4.90 Å². The van der Waals surface area contributed by atoms with Crippen LogP contribution >= 0.6 is 0 Å². The van der Waals surface area contributed by atoms with E-state index in [0.717, 1.165) is 0 Å². The van der Waals surface area contributed by atoms with E-state index in [0.29, 0.717) is 0 Å². The minimum absolute atomic E-state index is 0.126. The van der Waals surface area contributed by atoms with Crippen LogP contribution < -0.4 is 9.46 Å². The van der Waals surface area contributed by atoms with Gasteiger partial charge in [0.05, 0.1) is 23.4 Å². The van der Waals surface area contributed by atoms with Gasteiger partial charge in [0.2, 0.25) is 0 Å². The number of para-hydroxylation sites is 1. The van der Waals surface area contributed by atoms with Gasteiger partial charge in [-0.1, -0.05) is 29.4 Å². The first kappa shape index (κ1) is 14.7. The Morgan fingerprint density at radius 1 is 1.14 bits per heavy atom. The van der Waals surface area contributed by atoms with Gasteiger partial charge < -0.3 is 4.74 Å². The molecule has 0 saturated heterocycles. The fourth-order valence-electron chi connectivity index (χ4n) is 1.75. The molecule has 0 unspecified atom stereocenters. The molecule has 21 heavy (non-hydrogen) atoms. The van der Waals surface area contributed by atoms with Crippen molar-refractivity contribution in [3.8, 4) is 5.75 Å². The van der Waals surface area contributed by atoms with E-state index in [1.165, 1.54) is 31.4 Å². The summed E-state index contributed by atoms with van der Waals surface area (Å²) in [7, 11) is -2.38. The van der Waals surface area contributed by atoms with Crippen molar-refractivity contribution < 1.29 is 13.2 Å². The predicted octanol–water partition coefficient (Wildman–Crippen LogP) is 3.44. The molecule has 0 saturated carbocycles. The summed E-state index contributed by atoms with van der Waals surface area (Å²) in [6, 6.07) is 12.5. The number of rotatable bonds is 5. The van der Waals surface area contributed by atoms with Crippen molar-refractivity contribution >= 4 is 21.4 Å². The number of anilines is 1. The third kappa shape index (κ3) is 3.25. The third-order valence-electron chi connectivity index (χ3n) is 2.65. The molecule has 0 bridgehead atoms. The number of benzene rings is 2. The lowest BCUT2D eigenvalue weighted by Gasteiger charge is -2.13. The fourth-order valence-corrected chi connectivity index (χ4v) is 2.83. The lowest BCUT2D eigenvalue weighted by molar-refractivity contribution is 0.418. The van der Waals surface area contributed by atoms with E-state index in [1.807, 2.05) is 0 Å². The second kappa shape index (κ2) is 6.17. The van der Waals surface area contributed by atoms with Crippen LogP contribution in [0.4, 0.5) is 11.4 Å². The topological polar surface area (TPSA) is 104 Å². The first-order valence-corrected chi connectivity index (χ1v) is 7.37. The second-order valence-electron chi connectivity index (χ2n) is 3.97. The van der Waals surface area contributed by atoms with Crippen molar-refractivity contribution in [3.63, 3.8) is 0 Å². The molecular weight excluding hydrogens is 292 g/mol. The Hall–Kier alpha value is -2.70. The molecule has 2 aromatic rings. The van der Waals surface area contributed by atoms with Crippen molar-refractivity contribution in [2.75, 3.05) is 11.8 Å². The maximum absolute atomic E-state index is 12.3. The summed E-state index contributed by atoms with van der Waals surface area (Å²) in [5.74, 6) is 0.162. The largest absolute Gasteiger partial charge is 0.494 e. The lowest BCUT2D eigenvalue weighted by Crippen LogP contribution is -2.13. The minimum atomic E-state index is -3.74. The van der Waals surface area contributed by atoms with E-state index < -0.39 is 10.0 Å². The molecule has 0 radical (unpaired) electrons. The number of nitrogens with zero attached hydrogens (tertiary/aromatic N) is 3. The monoisotopic (exact) mass is 304 g/mol. The van der Waals surface area contributed by atoms with E-state index in [-0.39, 0.29) is 22.0 Å². The van der Waals surface area contributed by atoms with Crippen LogP contribution in [0, 0.1) is 0 Å². The number of hydrogen-bond donors (Lipinski definition) is 1. The summed E-state index contributed by atoms with van der Waals surface area (Å²) in [6.45, 7) is 0. The highest BCUT2D eigenvalue weighted by Crippen LogP contribution is 2.36. The number of methoxy groups -OCH3 is 1. The number of ether oxygens (including phenoxy) is 1. The van der Waals surface area contributed by atoms with Crippen LogP contribution in [0.2, 0.25) is 0 Å². The first-order chi connectivity index (χ1) is 10.1. The quantitative estimate of drug-likeness (QED) is 0.519. The molecule has 0 heterocycles. The molecule has 0 aliphatic rings. The normalized spacial score (nSPS) is 10.5. The molecule has 108 valence electrons. The van der Waals surface area contributed by atoms with Gasteiger partial charge in [-0.2, -0.15) is 0 Å². The molecule has 2 aromatic carbocycles. The summed E-state index contributed by atoms with van der Waals surface area (Å²) in [5.41, 5.74) is 8.91. The molecule has 2 rings (SSSR count). The molecule has 0 aromatic heterocycles. The van der Waals surface area contributed by atoms with Crippen molar-refractivity contribution in [3.05, 3.63) is 59.0 Å². The van der Waals surface area contributed by atoms with E-state index in [4.69, 9.17) is 10.3 Å². The van der Waals surface area contributed by atoms with Crippen LogP contribution in [0.3, 0.4) is 0 Å². The Morgan fingerprint density at radius 3 is 2.48 bits per heavy atom. The van der Waals surface area contributed by atoms with Crippen LogP contribution in [-0.2, 0) is 10.0 Å². The fraction of sp³-hybridized carbons (Fsp3) is 0.0769. The van der Waals surface area contributed by atoms with Gasteiger partial charge in [-0.05, 0) is 29.8 Å². The molecule has 0 aliphatic carbocycles. The van der Waals surface area contributed by atoms with Crippen molar-refractivity contribution in [1.82, 2.24) is 0 Å². The zero-order valence-electron chi connectivity index (χ0n) is 11.1. The van der Waals surface area contributed by atoms with Gasteiger partial charge in [0.25, 0.3) is 10.0 Å². The van der Waals surface area contributed by atoms with Crippen LogP contribution in [0.15, 0.2) is 58.5 Å². The number of hydrogen-bond acceptors (Lipinski definition) is 4. The summed E-state index contributed by atoms with van der Waals surface area (Å²) >= 11 is 0. The number of sulfonamides is 1. The molecule has 0 fully saturated rings. The zero-order chi connectivity index (χ0) is 15.3. The number of nitrogens with one attached hydrogen (secondary N) is 1. The van der Waals surface area contributed by atoms with Gasteiger partial charge in [-0.25, -0.2) is 8.42 Å². The highest BCUT2D eigenvalue weighted by molar-refractivity contribution is 7.92. The van der Waals surface area contributed by atoms with E-state index in [9.17, 15) is 8.42 Å². The summed E-state index contributed by atoms with van der Waals surface area (Å²) in [6.07, 6.45) is 0. The van der Waals surface area contributed by atoms with E-state index in [1.54, 1.807) is 24.3 Å². The SMILES string of the molecule is COc1c(N=[N+]=[N-])cccc1NS(=O)(=O)c1ccccc1. The Balaban J connectivity index is 2.45. The molecular formula is C13H12N4O3S. The average molecular weight is 304 g/mol. The minimum Gasteiger partial charge on any atom is -0.494 e. The molecule has 0 aliphatic heterocycles. The Bertz CT molecular complexity index is 784. The van der Waals surface area contributed by atoms with Gasteiger partial charge in [0.15, 0.2) is 5.75 Å².